The zero-order chi connectivity index (χ0) is 15.1. The summed E-state index contributed by atoms with van der Waals surface area (Å²) >= 11 is 0. The number of ether oxygens (including phenoxy) is 1. The summed E-state index contributed by atoms with van der Waals surface area (Å²) in [5.74, 6) is 2.83. The summed E-state index contributed by atoms with van der Waals surface area (Å²) in [6.07, 6.45) is 5.58. The summed E-state index contributed by atoms with van der Waals surface area (Å²) in [5, 5.41) is 0. The van der Waals surface area contributed by atoms with E-state index >= 15 is 0 Å². The SMILES string of the molecule is Cc1nc(N2CCCC2)nc(N2CCO[C@H](C3CC3)C2)c1C. The molecule has 2 saturated heterocycles. The van der Waals surface area contributed by atoms with Gasteiger partial charge >= 0.3 is 0 Å². The van der Waals surface area contributed by atoms with E-state index in [1.165, 1.54) is 31.2 Å². The van der Waals surface area contributed by atoms with Gasteiger partial charge in [-0.05, 0) is 45.4 Å². The maximum Gasteiger partial charge on any atom is 0.227 e. The molecule has 5 nitrogen and oxygen atoms in total. The van der Waals surface area contributed by atoms with Crippen molar-refractivity contribution in [1.82, 2.24) is 9.97 Å². The van der Waals surface area contributed by atoms with E-state index in [9.17, 15) is 0 Å². The van der Waals surface area contributed by atoms with Crippen LogP contribution < -0.4 is 9.80 Å². The van der Waals surface area contributed by atoms with Crippen molar-refractivity contribution in [1.29, 1.82) is 0 Å². The fraction of sp³-hybridized carbons (Fsp3) is 0.765. The van der Waals surface area contributed by atoms with Crippen LogP contribution in [-0.4, -0.2) is 48.9 Å². The summed E-state index contributed by atoms with van der Waals surface area (Å²) in [6, 6.07) is 0. The van der Waals surface area contributed by atoms with Crippen LogP contribution in [0, 0.1) is 19.8 Å². The first-order valence-corrected chi connectivity index (χ1v) is 8.69. The van der Waals surface area contributed by atoms with Gasteiger partial charge < -0.3 is 14.5 Å². The van der Waals surface area contributed by atoms with Crippen molar-refractivity contribution in [3.05, 3.63) is 11.3 Å². The lowest BCUT2D eigenvalue weighted by molar-refractivity contribution is 0.0261. The van der Waals surface area contributed by atoms with Crippen LogP contribution in [0.4, 0.5) is 11.8 Å². The zero-order valence-corrected chi connectivity index (χ0v) is 13.7. The van der Waals surface area contributed by atoms with Gasteiger partial charge in [-0.15, -0.1) is 0 Å². The van der Waals surface area contributed by atoms with Crippen molar-refractivity contribution in [2.45, 2.75) is 45.6 Å². The van der Waals surface area contributed by atoms with E-state index in [-0.39, 0.29) is 0 Å². The van der Waals surface area contributed by atoms with E-state index < -0.39 is 0 Å². The molecule has 22 heavy (non-hydrogen) atoms. The molecule has 3 aliphatic rings. The Morgan fingerprint density at radius 1 is 1.00 bits per heavy atom. The van der Waals surface area contributed by atoms with Crippen LogP contribution in [0.1, 0.15) is 36.9 Å². The molecule has 2 aliphatic heterocycles. The number of aromatic nitrogens is 2. The number of aryl methyl sites for hydroxylation is 1. The van der Waals surface area contributed by atoms with Gasteiger partial charge in [0.2, 0.25) is 5.95 Å². The highest BCUT2D eigenvalue weighted by atomic mass is 16.5. The van der Waals surface area contributed by atoms with Gasteiger partial charge in [0.05, 0.1) is 12.7 Å². The van der Waals surface area contributed by atoms with Crippen molar-refractivity contribution < 1.29 is 4.74 Å². The lowest BCUT2D eigenvalue weighted by Gasteiger charge is -2.35. The van der Waals surface area contributed by atoms with Crippen LogP contribution in [0.5, 0.6) is 0 Å². The van der Waals surface area contributed by atoms with Crippen molar-refractivity contribution in [3.63, 3.8) is 0 Å². The molecule has 0 amide bonds. The predicted octanol–water partition coefficient (Wildman–Crippen LogP) is 2.31. The topological polar surface area (TPSA) is 41.5 Å². The molecule has 0 bridgehead atoms. The zero-order valence-electron chi connectivity index (χ0n) is 13.7. The first kappa shape index (κ1) is 14.2. The Labute approximate surface area is 132 Å². The third kappa shape index (κ3) is 2.67. The molecule has 0 unspecified atom stereocenters. The Morgan fingerprint density at radius 3 is 2.50 bits per heavy atom. The molecule has 1 aliphatic carbocycles. The minimum atomic E-state index is 0.402. The Hall–Kier alpha value is -1.36. The van der Waals surface area contributed by atoms with Crippen LogP contribution in [0.2, 0.25) is 0 Å². The summed E-state index contributed by atoms with van der Waals surface area (Å²) in [6.45, 7) is 9.20. The maximum atomic E-state index is 5.96. The second-order valence-corrected chi connectivity index (χ2v) is 6.94. The fourth-order valence-corrected chi connectivity index (χ4v) is 3.59. The highest BCUT2D eigenvalue weighted by molar-refractivity contribution is 5.53. The van der Waals surface area contributed by atoms with Crippen molar-refractivity contribution in [3.8, 4) is 0 Å². The lowest BCUT2D eigenvalue weighted by Crippen LogP contribution is -2.44. The third-order valence-corrected chi connectivity index (χ3v) is 5.28. The van der Waals surface area contributed by atoms with E-state index in [1.54, 1.807) is 0 Å². The van der Waals surface area contributed by atoms with Gasteiger partial charge in [-0.2, -0.15) is 4.98 Å². The molecule has 4 rings (SSSR count). The van der Waals surface area contributed by atoms with Gasteiger partial charge in [0.25, 0.3) is 0 Å². The molecule has 1 atom stereocenters. The van der Waals surface area contributed by atoms with Gasteiger partial charge in [0.15, 0.2) is 0 Å². The molecule has 5 heteroatoms. The Morgan fingerprint density at radius 2 is 1.77 bits per heavy atom. The molecule has 3 fully saturated rings. The molecular formula is C17H26N4O. The van der Waals surface area contributed by atoms with Gasteiger partial charge in [0.1, 0.15) is 5.82 Å². The van der Waals surface area contributed by atoms with Crippen LogP contribution >= 0.6 is 0 Å². The molecule has 120 valence electrons. The molecule has 0 spiro atoms. The monoisotopic (exact) mass is 302 g/mol. The molecule has 0 aromatic carbocycles. The van der Waals surface area contributed by atoms with E-state index in [1.807, 2.05) is 0 Å². The fourth-order valence-electron chi connectivity index (χ4n) is 3.59. The number of hydrogen-bond acceptors (Lipinski definition) is 5. The Bertz CT molecular complexity index is 552. The van der Waals surface area contributed by atoms with Crippen molar-refractivity contribution in [2.24, 2.45) is 5.92 Å². The summed E-state index contributed by atoms with van der Waals surface area (Å²) < 4.78 is 5.96. The maximum absolute atomic E-state index is 5.96. The predicted molar refractivity (Wildman–Crippen MR) is 87.6 cm³/mol. The molecule has 1 saturated carbocycles. The Kier molecular flexibility index (Phi) is 3.68. The van der Waals surface area contributed by atoms with Crippen molar-refractivity contribution in [2.75, 3.05) is 42.6 Å². The number of anilines is 2. The second-order valence-electron chi connectivity index (χ2n) is 6.94. The van der Waals surface area contributed by atoms with Gasteiger partial charge in [-0.25, -0.2) is 4.98 Å². The summed E-state index contributed by atoms with van der Waals surface area (Å²) in [4.78, 5) is 14.4. The number of morpholine rings is 1. The van der Waals surface area contributed by atoms with E-state index in [4.69, 9.17) is 14.7 Å². The van der Waals surface area contributed by atoms with Gasteiger partial charge in [-0.1, -0.05) is 0 Å². The molecule has 1 aromatic rings. The standard InChI is InChI=1S/C17H26N4O/c1-12-13(2)18-17(20-7-3-4-8-20)19-16(12)21-9-10-22-15(11-21)14-5-6-14/h14-15H,3-11H2,1-2H3/t15-/m0/s1. The van der Waals surface area contributed by atoms with Gasteiger partial charge in [-0.3, -0.25) is 0 Å². The molecule has 3 heterocycles. The largest absolute Gasteiger partial charge is 0.374 e. The number of nitrogens with zero attached hydrogens (tertiary/aromatic N) is 4. The van der Waals surface area contributed by atoms with E-state index in [2.05, 4.69) is 23.6 Å². The van der Waals surface area contributed by atoms with E-state index in [0.29, 0.717) is 6.10 Å². The average Bonchev–Trinajstić information content (AvgIpc) is 3.25. The smallest absolute Gasteiger partial charge is 0.227 e. The first-order valence-electron chi connectivity index (χ1n) is 8.69. The molecular weight excluding hydrogens is 276 g/mol. The van der Waals surface area contributed by atoms with Crippen LogP contribution in [0.25, 0.3) is 0 Å². The lowest BCUT2D eigenvalue weighted by atomic mass is 10.1. The minimum Gasteiger partial charge on any atom is -0.374 e. The highest BCUT2D eigenvalue weighted by Crippen LogP contribution is 2.37. The normalized spacial score (nSPS) is 25.8. The molecule has 1 aromatic heterocycles. The first-order chi connectivity index (χ1) is 10.7. The second kappa shape index (κ2) is 5.69. The minimum absolute atomic E-state index is 0.402. The van der Waals surface area contributed by atoms with Crippen LogP contribution in [0.15, 0.2) is 0 Å². The quantitative estimate of drug-likeness (QED) is 0.857. The Balaban J connectivity index is 1.61. The molecule has 0 radical (unpaired) electrons. The molecule has 0 N–H and O–H groups in total. The summed E-state index contributed by atoms with van der Waals surface area (Å²) in [5.41, 5.74) is 2.33. The average molecular weight is 302 g/mol. The van der Waals surface area contributed by atoms with Crippen LogP contribution in [0.3, 0.4) is 0 Å². The third-order valence-electron chi connectivity index (χ3n) is 5.28. The highest BCUT2D eigenvalue weighted by Gasteiger charge is 2.36. The number of rotatable bonds is 3. The summed E-state index contributed by atoms with van der Waals surface area (Å²) in [7, 11) is 0. The van der Waals surface area contributed by atoms with E-state index in [0.717, 1.165) is 56.2 Å². The number of hydrogen-bond donors (Lipinski definition) is 0. The van der Waals surface area contributed by atoms with Crippen molar-refractivity contribution >= 4 is 11.8 Å². The van der Waals surface area contributed by atoms with Crippen LogP contribution in [-0.2, 0) is 4.74 Å². The van der Waals surface area contributed by atoms with Gasteiger partial charge in [0, 0.05) is 37.4 Å².